The lowest BCUT2D eigenvalue weighted by Gasteiger charge is -2.09. The standard InChI is InChI=1S/C22H19FN8O/c1-3-30-9-5-7-15(22(30)32)11-31-12-17(28-29-31)19-18(23)20(25)27-21(26-19)16-8-4-6-14(10-24)13(16)2/h4-9,12H,3,11H2,1-2H3,(H2,25,26,27). The summed E-state index contributed by atoms with van der Waals surface area (Å²) in [5, 5.41) is 17.3. The Hall–Kier alpha value is -4.39. The van der Waals surface area contributed by atoms with Gasteiger partial charge in [0.05, 0.1) is 24.4 Å². The fourth-order valence-corrected chi connectivity index (χ4v) is 3.37. The molecule has 0 aliphatic heterocycles. The van der Waals surface area contributed by atoms with E-state index in [9.17, 15) is 14.4 Å². The van der Waals surface area contributed by atoms with Gasteiger partial charge < -0.3 is 10.3 Å². The van der Waals surface area contributed by atoms with Gasteiger partial charge in [-0.2, -0.15) is 5.26 Å². The predicted octanol–water partition coefficient (Wildman–Crippen LogP) is 2.53. The van der Waals surface area contributed by atoms with Gasteiger partial charge in [-0.05, 0) is 31.5 Å². The molecule has 0 radical (unpaired) electrons. The first kappa shape index (κ1) is 20.9. The number of nitrogens with two attached hydrogens (primary N) is 1. The number of halogens is 1. The molecule has 2 N–H and O–H groups in total. The first-order chi connectivity index (χ1) is 15.4. The van der Waals surface area contributed by atoms with E-state index in [4.69, 9.17) is 5.73 Å². The Morgan fingerprint density at radius 3 is 2.78 bits per heavy atom. The van der Waals surface area contributed by atoms with Crippen LogP contribution in [0, 0.1) is 24.1 Å². The van der Waals surface area contributed by atoms with Crippen LogP contribution in [0.2, 0.25) is 0 Å². The quantitative estimate of drug-likeness (QED) is 0.515. The Balaban J connectivity index is 1.74. The number of nitriles is 1. The summed E-state index contributed by atoms with van der Waals surface area (Å²) in [6.45, 7) is 4.36. The highest BCUT2D eigenvalue weighted by atomic mass is 19.1. The van der Waals surface area contributed by atoms with Gasteiger partial charge in [-0.25, -0.2) is 19.0 Å². The van der Waals surface area contributed by atoms with Crippen LogP contribution in [0.1, 0.15) is 23.6 Å². The first-order valence-electron chi connectivity index (χ1n) is 9.84. The zero-order valence-electron chi connectivity index (χ0n) is 17.4. The Labute approximate surface area is 182 Å². The average Bonchev–Trinajstić information content (AvgIpc) is 3.25. The van der Waals surface area contributed by atoms with Crippen molar-refractivity contribution in [1.82, 2.24) is 29.5 Å². The summed E-state index contributed by atoms with van der Waals surface area (Å²) in [4.78, 5) is 20.8. The maximum atomic E-state index is 14.8. The molecule has 0 atom stereocenters. The van der Waals surface area contributed by atoms with Crippen molar-refractivity contribution in [2.24, 2.45) is 0 Å². The molecule has 160 valence electrons. The molecule has 10 heteroatoms. The van der Waals surface area contributed by atoms with E-state index in [1.54, 1.807) is 48.0 Å². The second kappa shape index (κ2) is 8.39. The highest BCUT2D eigenvalue weighted by Crippen LogP contribution is 2.28. The van der Waals surface area contributed by atoms with E-state index in [0.717, 1.165) is 0 Å². The summed E-state index contributed by atoms with van der Waals surface area (Å²) in [6, 6.07) is 10.7. The van der Waals surface area contributed by atoms with E-state index in [-0.39, 0.29) is 35.1 Å². The zero-order valence-corrected chi connectivity index (χ0v) is 17.4. The number of rotatable bonds is 5. The van der Waals surface area contributed by atoms with Gasteiger partial charge in [-0.15, -0.1) is 5.10 Å². The van der Waals surface area contributed by atoms with Gasteiger partial charge in [-0.1, -0.05) is 23.4 Å². The molecule has 0 aliphatic rings. The van der Waals surface area contributed by atoms with Gasteiger partial charge in [-0.3, -0.25) is 4.79 Å². The fourth-order valence-electron chi connectivity index (χ4n) is 3.37. The Bertz CT molecular complexity index is 1420. The minimum Gasteiger partial charge on any atom is -0.381 e. The summed E-state index contributed by atoms with van der Waals surface area (Å²) in [7, 11) is 0. The molecule has 3 heterocycles. The van der Waals surface area contributed by atoms with Gasteiger partial charge in [0.15, 0.2) is 17.5 Å². The smallest absolute Gasteiger partial charge is 0.255 e. The molecular formula is C22H19FN8O. The van der Waals surface area contributed by atoms with Gasteiger partial charge in [0.1, 0.15) is 11.4 Å². The van der Waals surface area contributed by atoms with Crippen molar-refractivity contribution in [3.8, 4) is 28.8 Å². The Morgan fingerprint density at radius 2 is 2.03 bits per heavy atom. The summed E-state index contributed by atoms with van der Waals surface area (Å²) in [5.41, 5.74) is 7.93. The normalized spacial score (nSPS) is 10.8. The van der Waals surface area contributed by atoms with E-state index in [0.29, 0.717) is 28.8 Å². The van der Waals surface area contributed by atoms with Crippen molar-refractivity contribution >= 4 is 5.82 Å². The van der Waals surface area contributed by atoms with Crippen LogP contribution in [0.5, 0.6) is 0 Å². The molecule has 0 spiro atoms. The second-order valence-corrected chi connectivity index (χ2v) is 7.11. The molecule has 0 fully saturated rings. The van der Waals surface area contributed by atoms with Crippen LogP contribution in [0.25, 0.3) is 22.8 Å². The Morgan fingerprint density at radius 1 is 1.22 bits per heavy atom. The molecule has 9 nitrogen and oxygen atoms in total. The number of hydrogen-bond donors (Lipinski definition) is 1. The van der Waals surface area contributed by atoms with Crippen molar-refractivity contribution < 1.29 is 4.39 Å². The molecule has 0 saturated heterocycles. The summed E-state index contributed by atoms with van der Waals surface area (Å²) in [6.07, 6.45) is 3.21. The summed E-state index contributed by atoms with van der Waals surface area (Å²) < 4.78 is 17.8. The van der Waals surface area contributed by atoms with Gasteiger partial charge in [0.2, 0.25) is 0 Å². The number of anilines is 1. The third-order valence-corrected chi connectivity index (χ3v) is 5.13. The average molecular weight is 430 g/mol. The van der Waals surface area contributed by atoms with Crippen molar-refractivity contribution in [1.29, 1.82) is 5.26 Å². The second-order valence-electron chi connectivity index (χ2n) is 7.11. The topological polar surface area (TPSA) is 128 Å². The van der Waals surface area contributed by atoms with Crippen molar-refractivity contribution in [3.63, 3.8) is 0 Å². The number of hydrogen-bond acceptors (Lipinski definition) is 7. The first-order valence-corrected chi connectivity index (χ1v) is 9.84. The third-order valence-electron chi connectivity index (χ3n) is 5.13. The largest absolute Gasteiger partial charge is 0.381 e. The number of pyridine rings is 1. The highest BCUT2D eigenvalue weighted by Gasteiger charge is 2.19. The maximum absolute atomic E-state index is 14.8. The third kappa shape index (κ3) is 3.72. The summed E-state index contributed by atoms with van der Waals surface area (Å²) in [5.74, 6) is -0.977. The molecule has 0 aliphatic carbocycles. The zero-order chi connectivity index (χ0) is 22.8. The SMILES string of the molecule is CCn1cccc(Cn2cc(-c3nc(-c4cccc(C#N)c4C)nc(N)c3F)nn2)c1=O. The van der Waals surface area contributed by atoms with Crippen LogP contribution in [-0.4, -0.2) is 29.5 Å². The number of aromatic nitrogens is 6. The molecule has 0 amide bonds. The molecule has 32 heavy (non-hydrogen) atoms. The molecule has 0 bridgehead atoms. The van der Waals surface area contributed by atoms with E-state index >= 15 is 0 Å². The van der Waals surface area contributed by atoms with Crippen LogP contribution in [-0.2, 0) is 13.1 Å². The molecule has 1 aromatic carbocycles. The number of benzene rings is 1. The van der Waals surface area contributed by atoms with Gasteiger partial charge in [0, 0.05) is 23.9 Å². The molecule has 0 unspecified atom stereocenters. The highest BCUT2D eigenvalue weighted by molar-refractivity contribution is 5.69. The molecule has 4 rings (SSSR count). The maximum Gasteiger partial charge on any atom is 0.255 e. The minimum atomic E-state index is -0.817. The summed E-state index contributed by atoms with van der Waals surface area (Å²) >= 11 is 0. The molecule has 4 aromatic rings. The molecular weight excluding hydrogens is 411 g/mol. The van der Waals surface area contributed by atoms with Crippen molar-refractivity contribution in [2.75, 3.05) is 5.73 Å². The lowest BCUT2D eigenvalue weighted by molar-refractivity contribution is 0.623. The van der Waals surface area contributed by atoms with Crippen LogP contribution >= 0.6 is 0 Å². The molecule has 3 aromatic heterocycles. The van der Waals surface area contributed by atoms with E-state index < -0.39 is 5.82 Å². The lowest BCUT2D eigenvalue weighted by Crippen LogP contribution is -2.23. The Kier molecular flexibility index (Phi) is 5.47. The minimum absolute atomic E-state index is 0.112. The van der Waals surface area contributed by atoms with Crippen LogP contribution in [0.3, 0.4) is 0 Å². The lowest BCUT2D eigenvalue weighted by atomic mass is 10.0. The number of nitrogen functional groups attached to an aromatic ring is 1. The van der Waals surface area contributed by atoms with E-state index in [2.05, 4.69) is 26.3 Å². The van der Waals surface area contributed by atoms with Crippen molar-refractivity contribution in [2.45, 2.75) is 26.9 Å². The number of aryl methyl sites for hydroxylation is 1. The molecule has 0 saturated carbocycles. The predicted molar refractivity (Wildman–Crippen MR) is 116 cm³/mol. The van der Waals surface area contributed by atoms with Crippen LogP contribution in [0.4, 0.5) is 10.2 Å². The van der Waals surface area contributed by atoms with Crippen LogP contribution < -0.4 is 11.3 Å². The van der Waals surface area contributed by atoms with Gasteiger partial charge in [0.25, 0.3) is 5.56 Å². The van der Waals surface area contributed by atoms with Crippen LogP contribution in [0.15, 0.2) is 47.5 Å². The van der Waals surface area contributed by atoms with Crippen molar-refractivity contribution in [3.05, 3.63) is 75.6 Å². The van der Waals surface area contributed by atoms with E-state index in [1.807, 2.05) is 6.92 Å². The monoisotopic (exact) mass is 430 g/mol. The van der Waals surface area contributed by atoms with E-state index in [1.165, 1.54) is 10.9 Å². The van der Waals surface area contributed by atoms with Gasteiger partial charge >= 0.3 is 0 Å². The fraction of sp³-hybridized carbons (Fsp3) is 0.182. The number of nitrogens with zero attached hydrogens (tertiary/aromatic N) is 7.